The molecule has 0 aromatic heterocycles. The third-order valence-electron chi connectivity index (χ3n) is 6.14. The van der Waals surface area contributed by atoms with Gasteiger partial charge in [0.2, 0.25) is 5.78 Å². The molecule has 15 nitrogen and oxygen atoms in total. The third-order valence-corrected chi connectivity index (χ3v) is 6.14. The molecule has 14 atom stereocenters. The normalized spacial score (nSPS) is 44.5. The Labute approximate surface area is 187 Å². The van der Waals surface area contributed by atoms with Gasteiger partial charge in [-0.25, -0.2) is 0 Å². The summed E-state index contributed by atoms with van der Waals surface area (Å²) in [6.45, 7) is -0.965. The largest absolute Gasteiger partial charge is 0.394 e. The first-order valence-corrected chi connectivity index (χ1v) is 10.2. The zero-order valence-electron chi connectivity index (χ0n) is 17.5. The highest BCUT2D eigenvalue weighted by atomic mass is 16.6. The third kappa shape index (κ3) is 4.93. The fourth-order valence-electron chi connectivity index (χ4n) is 3.99. The van der Waals surface area contributed by atoms with Crippen molar-refractivity contribution >= 4 is 5.78 Å². The lowest BCUT2D eigenvalue weighted by atomic mass is 9.73. The highest BCUT2D eigenvalue weighted by molar-refractivity contribution is 5.93. The predicted molar refractivity (Wildman–Crippen MR) is 101 cm³/mol. The molecule has 0 aromatic rings. The number of Topliss-reactive ketones (excluding diaryl/α,β-unsaturated/α-hetero) is 1. The van der Waals surface area contributed by atoms with Gasteiger partial charge in [-0.05, 0) is 6.92 Å². The molecule has 0 bridgehead atoms. The van der Waals surface area contributed by atoms with Gasteiger partial charge in [0.05, 0.1) is 19.3 Å². The maximum Gasteiger partial charge on any atom is 0.201 e. The first-order valence-electron chi connectivity index (χ1n) is 10.2. The van der Waals surface area contributed by atoms with Gasteiger partial charge in [-0.1, -0.05) is 0 Å². The lowest BCUT2D eigenvalue weighted by Crippen LogP contribution is -2.75. The summed E-state index contributed by atoms with van der Waals surface area (Å²) in [7, 11) is 0. The Morgan fingerprint density at radius 3 is 1.70 bits per heavy atom. The number of hydrogen-bond acceptors (Lipinski definition) is 15. The molecular formula is C18H32O15. The Hall–Kier alpha value is -0.890. The topological polar surface area (TPSA) is 278 Å². The lowest BCUT2D eigenvalue weighted by Gasteiger charge is -2.50. The smallest absolute Gasteiger partial charge is 0.201 e. The van der Waals surface area contributed by atoms with Crippen LogP contribution in [0.25, 0.3) is 0 Å². The number of rotatable bonds is 8. The van der Waals surface area contributed by atoms with E-state index in [1.54, 1.807) is 0 Å². The van der Waals surface area contributed by atoms with Crippen LogP contribution in [0.5, 0.6) is 0 Å². The quantitative estimate of drug-likeness (QED) is 0.151. The van der Waals surface area contributed by atoms with E-state index >= 15 is 0 Å². The van der Waals surface area contributed by atoms with Crippen LogP contribution in [0.3, 0.4) is 0 Å². The zero-order valence-corrected chi connectivity index (χ0v) is 17.5. The van der Waals surface area contributed by atoms with Crippen molar-refractivity contribution < 1.29 is 75.5 Å². The Bertz CT molecular complexity index is 659. The van der Waals surface area contributed by atoms with E-state index in [4.69, 9.17) is 9.47 Å². The molecule has 0 radical (unpaired) electrons. The highest BCUT2D eigenvalue weighted by Gasteiger charge is 2.64. The second-order valence-electron chi connectivity index (χ2n) is 8.36. The van der Waals surface area contributed by atoms with Crippen molar-refractivity contribution in [3.63, 3.8) is 0 Å². The van der Waals surface area contributed by atoms with Crippen LogP contribution in [-0.2, 0) is 14.3 Å². The minimum Gasteiger partial charge on any atom is -0.394 e. The summed E-state index contributed by atoms with van der Waals surface area (Å²) in [5.41, 5.74) is -3.50. The maximum absolute atomic E-state index is 13.4. The minimum absolute atomic E-state index is 0.952. The van der Waals surface area contributed by atoms with E-state index in [0.29, 0.717) is 0 Å². The van der Waals surface area contributed by atoms with E-state index < -0.39 is 104 Å². The first-order chi connectivity index (χ1) is 15.2. The van der Waals surface area contributed by atoms with Crippen molar-refractivity contribution in [1.82, 2.24) is 0 Å². The molecule has 2 saturated heterocycles. The molecule has 0 spiro atoms. The Kier molecular flexibility index (Phi) is 9.28. The van der Waals surface area contributed by atoms with E-state index in [-0.39, 0.29) is 0 Å². The van der Waals surface area contributed by atoms with Crippen LogP contribution >= 0.6 is 0 Å². The van der Waals surface area contributed by atoms with Crippen LogP contribution in [0.2, 0.25) is 0 Å². The van der Waals surface area contributed by atoms with Crippen LogP contribution < -0.4 is 0 Å². The molecule has 0 aromatic carbocycles. The van der Waals surface area contributed by atoms with Crippen LogP contribution in [-0.4, -0.2) is 165 Å². The van der Waals surface area contributed by atoms with Gasteiger partial charge in [-0.3, -0.25) is 4.79 Å². The summed E-state index contributed by atoms with van der Waals surface area (Å²) in [5.74, 6) is -1.74. The molecule has 194 valence electrons. The molecule has 0 saturated carbocycles. The van der Waals surface area contributed by atoms with Gasteiger partial charge in [0, 0.05) is 0 Å². The lowest BCUT2D eigenvalue weighted by molar-refractivity contribution is -0.292. The van der Waals surface area contributed by atoms with Crippen molar-refractivity contribution in [3.05, 3.63) is 0 Å². The monoisotopic (exact) mass is 488 g/mol. The number of aliphatic hydroxyl groups excluding tert-OH is 11. The first kappa shape index (κ1) is 28.3. The van der Waals surface area contributed by atoms with Crippen LogP contribution in [0.1, 0.15) is 6.92 Å². The van der Waals surface area contributed by atoms with E-state index in [1.807, 2.05) is 0 Å². The molecule has 0 amide bonds. The van der Waals surface area contributed by atoms with E-state index in [9.17, 15) is 66.1 Å². The van der Waals surface area contributed by atoms with E-state index in [0.717, 1.165) is 6.92 Å². The number of hydrogen-bond donors (Lipinski definition) is 12. The van der Waals surface area contributed by atoms with Crippen molar-refractivity contribution in [2.24, 2.45) is 0 Å². The van der Waals surface area contributed by atoms with Gasteiger partial charge in [-0.15, -0.1) is 0 Å². The Morgan fingerprint density at radius 1 is 0.788 bits per heavy atom. The highest BCUT2D eigenvalue weighted by Crippen LogP contribution is 2.36. The molecule has 2 heterocycles. The Balaban J connectivity index is 2.57. The second-order valence-corrected chi connectivity index (χ2v) is 8.36. The molecule has 12 N–H and O–H groups in total. The van der Waals surface area contributed by atoms with Crippen molar-refractivity contribution in [2.45, 2.75) is 91.9 Å². The van der Waals surface area contributed by atoms with Gasteiger partial charge in [-0.2, -0.15) is 0 Å². The summed E-state index contributed by atoms with van der Waals surface area (Å²) >= 11 is 0. The van der Waals surface area contributed by atoms with Crippen LogP contribution in [0.15, 0.2) is 0 Å². The molecule has 2 fully saturated rings. The van der Waals surface area contributed by atoms with Crippen LogP contribution in [0.4, 0.5) is 0 Å². The summed E-state index contributed by atoms with van der Waals surface area (Å²) in [5, 5.41) is 121. The molecule has 33 heavy (non-hydrogen) atoms. The average molecular weight is 488 g/mol. The van der Waals surface area contributed by atoms with Crippen molar-refractivity contribution in [3.8, 4) is 0 Å². The fourth-order valence-corrected chi connectivity index (χ4v) is 3.99. The number of aliphatic hydroxyl groups is 12. The molecular weight excluding hydrogens is 456 g/mol. The molecule has 1 unspecified atom stereocenters. The molecule has 2 rings (SSSR count). The number of ether oxygens (including phenoxy) is 2. The molecule has 2 aliphatic heterocycles. The summed E-state index contributed by atoms with van der Waals surface area (Å²) < 4.78 is 10.2. The summed E-state index contributed by atoms with van der Waals surface area (Å²) in [6, 6.07) is 0. The van der Waals surface area contributed by atoms with Gasteiger partial charge in [0.25, 0.3) is 0 Å². The zero-order chi connectivity index (χ0) is 25.4. The standard InChI is InChI=1S/C18H32O15/c1-4(21)7(22)15(29)18(31,17-13(28)11(26)9(24)6(3-20)33-17)16(30)14-12(27)10(25)8(23)5(2-19)32-14/h4-15,17,19-29,31H,2-3H2,1H3/t4-,5+,6+,7-,8+,9-,10-,11-,12+,13+,14?,15+,17+,18+/m0/s1. The average Bonchev–Trinajstić information content (AvgIpc) is 2.79. The predicted octanol–water partition coefficient (Wildman–Crippen LogP) is -7.93. The summed E-state index contributed by atoms with van der Waals surface area (Å²) in [6.07, 6.45) is -27.3. The van der Waals surface area contributed by atoms with E-state index in [1.165, 1.54) is 0 Å². The molecule has 0 aliphatic carbocycles. The maximum atomic E-state index is 13.4. The van der Waals surface area contributed by atoms with Crippen molar-refractivity contribution in [1.29, 1.82) is 0 Å². The van der Waals surface area contributed by atoms with Gasteiger partial charge in [0.15, 0.2) is 5.60 Å². The van der Waals surface area contributed by atoms with Gasteiger partial charge >= 0.3 is 0 Å². The van der Waals surface area contributed by atoms with Gasteiger partial charge < -0.3 is 70.8 Å². The SMILES string of the molecule is C[C@H](O)[C@H](O)[C@@H](O)[C@@](O)(C(=O)C1O[C@H](CO)[C@@H](O)[C@H](O)[C@H]1O)[C@@H]1O[C@H](CO)[C@H](O)[C@H](O)[C@H]1O. The number of carbonyl (C=O) groups excluding carboxylic acids is 1. The van der Waals surface area contributed by atoms with E-state index in [2.05, 4.69) is 0 Å². The molecule has 2 aliphatic rings. The second kappa shape index (κ2) is 10.8. The Morgan fingerprint density at radius 2 is 1.24 bits per heavy atom. The minimum atomic E-state index is -3.50. The van der Waals surface area contributed by atoms with Gasteiger partial charge in [0.1, 0.15) is 73.2 Å². The number of carbonyl (C=O) groups is 1. The number of ketones is 1. The fraction of sp³-hybridized carbons (Fsp3) is 0.944. The summed E-state index contributed by atoms with van der Waals surface area (Å²) in [4.78, 5) is 13.4. The van der Waals surface area contributed by atoms with Crippen molar-refractivity contribution in [2.75, 3.05) is 13.2 Å². The van der Waals surface area contributed by atoms with Crippen LogP contribution in [0, 0.1) is 0 Å². The molecule has 15 heteroatoms.